The SMILES string of the molecule is CC(C)Oc1ccc(CN2C[C@@H](N)CS(=O)(=O)c3cc(F)c(-c4nnc(C(C)(C)C)o4)cc32)nc1. The Bertz CT molecular complexity index is 1320. The Hall–Kier alpha value is -3.05. The van der Waals surface area contributed by atoms with E-state index >= 15 is 4.39 Å². The fourth-order valence-corrected chi connectivity index (χ4v) is 5.47. The average molecular weight is 504 g/mol. The van der Waals surface area contributed by atoms with Crippen molar-refractivity contribution in [3.05, 3.63) is 47.9 Å². The second-order valence-electron chi connectivity index (χ2n) is 10.0. The predicted molar refractivity (Wildman–Crippen MR) is 129 cm³/mol. The maximum atomic E-state index is 15.2. The normalized spacial score (nSPS) is 17.8. The van der Waals surface area contributed by atoms with Crippen molar-refractivity contribution in [3.63, 3.8) is 0 Å². The number of aromatic nitrogens is 3. The van der Waals surface area contributed by atoms with Gasteiger partial charge in [0.15, 0.2) is 9.84 Å². The first-order valence-corrected chi connectivity index (χ1v) is 13.0. The van der Waals surface area contributed by atoms with Gasteiger partial charge < -0.3 is 19.8 Å². The molecule has 1 aromatic carbocycles. The summed E-state index contributed by atoms with van der Waals surface area (Å²) in [5.74, 6) is -0.0935. The summed E-state index contributed by atoms with van der Waals surface area (Å²) in [5, 5.41) is 8.04. The van der Waals surface area contributed by atoms with Crippen molar-refractivity contribution in [2.24, 2.45) is 5.73 Å². The Morgan fingerprint density at radius 2 is 2.00 bits per heavy atom. The van der Waals surface area contributed by atoms with Crippen molar-refractivity contribution in [2.45, 2.75) is 63.6 Å². The quantitative estimate of drug-likeness (QED) is 0.557. The van der Waals surface area contributed by atoms with Crippen LogP contribution in [0.3, 0.4) is 0 Å². The van der Waals surface area contributed by atoms with E-state index in [1.807, 2.05) is 34.6 Å². The molecule has 11 heteroatoms. The number of ether oxygens (including phenoxy) is 1. The van der Waals surface area contributed by atoms with Gasteiger partial charge in [0.2, 0.25) is 5.89 Å². The third kappa shape index (κ3) is 5.46. The lowest BCUT2D eigenvalue weighted by Crippen LogP contribution is -2.39. The van der Waals surface area contributed by atoms with Crippen LogP contribution in [0.4, 0.5) is 10.1 Å². The number of fused-ring (bicyclic) bond motifs is 1. The number of nitrogens with two attached hydrogens (primary N) is 1. The zero-order chi connectivity index (χ0) is 25.5. The van der Waals surface area contributed by atoms with E-state index in [1.165, 1.54) is 6.07 Å². The molecule has 1 atom stereocenters. The lowest BCUT2D eigenvalue weighted by atomic mass is 9.97. The molecule has 2 N–H and O–H groups in total. The minimum atomic E-state index is -3.83. The van der Waals surface area contributed by atoms with E-state index in [-0.39, 0.29) is 41.3 Å². The molecule has 9 nitrogen and oxygen atoms in total. The zero-order valence-electron chi connectivity index (χ0n) is 20.4. The molecule has 35 heavy (non-hydrogen) atoms. The molecule has 2 aromatic heterocycles. The molecule has 0 fully saturated rings. The molecule has 0 aliphatic carbocycles. The van der Waals surface area contributed by atoms with Gasteiger partial charge in [0, 0.05) is 18.0 Å². The number of anilines is 1. The lowest BCUT2D eigenvalue weighted by Gasteiger charge is -2.26. The van der Waals surface area contributed by atoms with Crippen molar-refractivity contribution >= 4 is 15.5 Å². The average Bonchev–Trinajstić information content (AvgIpc) is 3.21. The van der Waals surface area contributed by atoms with Gasteiger partial charge in [0.1, 0.15) is 11.6 Å². The highest BCUT2D eigenvalue weighted by atomic mass is 32.2. The second-order valence-corrected chi connectivity index (χ2v) is 12.0. The molecule has 0 radical (unpaired) electrons. The molecular formula is C24H30FN5O4S. The van der Waals surface area contributed by atoms with Crippen molar-refractivity contribution < 1.29 is 22.0 Å². The van der Waals surface area contributed by atoms with E-state index in [1.54, 1.807) is 23.2 Å². The number of pyridine rings is 1. The number of halogens is 1. The van der Waals surface area contributed by atoms with E-state index in [9.17, 15) is 8.42 Å². The minimum Gasteiger partial charge on any atom is -0.489 e. The minimum absolute atomic E-state index is 0.0140. The Labute approximate surface area is 204 Å². The fourth-order valence-electron chi connectivity index (χ4n) is 3.84. The van der Waals surface area contributed by atoms with Gasteiger partial charge in [-0.1, -0.05) is 20.8 Å². The summed E-state index contributed by atoms with van der Waals surface area (Å²) in [7, 11) is -3.83. The maximum absolute atomic E-state index is 15.2. The van der Waals surface area contributed by atoms with Crippen LogP contribution in [0.15, 0.2) is 39.8 Å². The van der Waals surface area contributed by atoms with Gasteiger partial charge in [-0.25, -0.2) is 12.8 Å². The van der Waals surface area contributed by atoms with Crippen molar-refractivity contribution in [2.75, 3.05) is 17.2 Å². The van der Waals surface area contributed by atoms with Gasteiger partial charge >= 0.3 is 0 Å². The van der Waals surface area contributed by atoms with Crippen LogP contribution in [-0.4, -0.2) is 48.0 Å². The molecule has 188 valence electrons. The highest BCUT2D eigenvalue weighted by molar-refractivity contribution is 7.91. The van der Waals surface area contributed by atoms with Crippen LogP contribution in [0.2, 0.25) is 0 Å². The summed E-state index contributed by atoms with van der Waals surface area (Å²) >= 11 is 0. The van der Waals surface area contributed by atoms with Crippen LogP contribution in [0.1, 0.15) is 46.2 Å². The Morgan fingerprint density at radius 3 is 2.60 bits per heavy atom. The Kier molecular flexibility index (Phi) is 6.58. The first-order valence-electron chi connectivity index (χ1n) is 11.4. The van der Waals surface area contributed by atoms with Gasteiger partial charge in [-0.05, 0) is 38.1 Å². The molecule has 0 spiro atoms. The Balaban J connectivity index is 1.77. The van der Waals surface area contributed by atoms with Gasteiger partial charge in [-0.3, -0.25) is 4.98 Å². The van der Waals surface area contributed by atoms with E-state index in [0.717, 1.165) is 6.07 Å². The van der Waals surface area contributed by atoms with Crippen LogP contribution >= 0.6 is 0 Å². The summed E-state index contributed by atoms with van der Waals surface area (Å²) < 4.78 is 52.6. The number of nitrogens with zero attached hydrogens (tertiary/aromatic N) is 4. The van der Waals surface area contributed by atoms with Crippen LogP contribution < -0.4 is 15.4 Å². The van der Waals surface area contributed by atoms with Crippen LogP contribution in [0.25, 0.3) is 11.5 Å². The van der Waals surface area contributed by atoms with E-state index in [2.05, 4.69) is 15.2 Å². The topological polar surface area (TPSA) is 124 Å². The number of sulfone groups is 1. The Morgan fingerprint density at radius 1 is 1.26 bits per heavy atom. The highest BCUT2D eigenvalue weighted by Gasteiger charge is 2.33. The summed E-state index contributed by atoms with van der Waals surface area (Å²) in [5.41, 5.74) is 6.75. The number of benzene rings is 1. The van der Waals surface area contributed by atoms with Gasteiger partial charge in [-0.2, -0.15) is 0 Å². The van der Waals surface area contributed by atoms with Gasteiger partial charge in [0.25, 0.3) is 5.89 Å². The van der Waals surface area contributed by atoms with Crippen LogP contribution in [0, 0.1) is 5.82 Å². The molecular weight excluding hydrogens is 473 g/mol. The molecule has 1 aliphatic rings. The third-order valence-corrected chi connectivity index (χ3v) is 7.30. The zero-order valence-corrected chi connectivity index (χ0v) is 21.3. The van der Waals surface area contributed by atoms with Crippen LogP contribution in [0.5, 0.6) is 5.75 Å². The molecule has 3 aromatic rings. The smallest absolute Gasteiger partial charge is 0.250 e. The lowest BCUT2D eigenvalue weighted by molar-refractivity contribution is 0.241. The molecule has 0 amide bonds. The molecule has 4 rings (SSSR count). The first-order chi connectivity index (χ1) is 16.3. The van der Waals surface area contributed by atoms with E-state index in [0.29, 0.717) is 23.0 Å². The molecule has 0 unspecified atom stereocenters. The van der Waals surface area contributed by atoms with Crippen molar-refractivity contribution in [1.82, 2.24) is 15.2 Å². The standard InChI is InChI=1S/C24H30FN5O4S/c1-14(2)33-17-7-6-16(27-10-17)12-30-11-15(26)13-35(31,32)21-9-19(25)18(8-20(21)30)22-28-29-23(34-22)24(3,4)5/h6-10,14-15H,11-13,26H2,1-5H3/t15-/m1/s1. The molecule has 1 aliphatic heterocycles. The van der Waals surface area contributed by atoms with E-state index in [4.69, 9.17) is 14.9 Å². The number of hydrogen-bond acceptors (Lipinski definition) is 9. The number of hydrogen-bond donors (Lipinski definition) is 1. The van der Waals surface area contributed by atoms with Crippen LogP contribution in [-0.2, 0) is 21.8 Å². The second kappa shape index (κ2) is 9.19. The predicted octanol–water partition coefficient (Wildman–Crippen LogP) is 3.48. The summed E-state index contributed by atoms with van der Waals surface area (Å²) in [6.07, 6.45) is 1.63. The third-order valence-electron chi connectivity index (χ3n) is 5.43. The first kappa shape index (κ1) is 25.1. The maximum Gasteiger partial charge on any atom is 0.250 e. The van der Waals surface area contributed by atoms with Crippen molar-refractivity contribution in [1.29, 1.82) is 0 Å². The highest BCUT2D eigenvalue weighted by Crippen LogP contribution is 2.37. The fraction of sp³-hybridized carbons (Fsp3) is 0.458. The van der Waals surface area contributed by atoms with Crippen molar-refractivity contribution in [3.8, 4) is 17.2 Å². The summed E-state index contributed by atoms with van der Waals surface area (Å²) in [6, 6.07) is 5.40. The molecule has 0 bridgehead atoms. The number of rotatable bonds is 5. The van der Waals surface area contributed by atoms with E-state index < -0.39 is 27.1 Å². The molecule has 0 saturated heterocycles. The summed E-state index contributed by atoms with van der Waals surface area (Å²) in [6.45, 7) is 10.1. The van der Waals surface area contributed by atoms with Gasteiger partial charge in [-0.15, -0.1) is 10.2 Å². The monoisotopic (exact) mass is 503 g/mol. The van der Waals surface area contributed by atoms with Gasteiger partial charge in [0.05, 0.1) is 46.4 Å². The largest absolute Gasteiger partial charge is 0.489 e. The molecule has 0 saturated carbocycles. The molecule has 3 heterocycles. The summed E-state index contributed by atoms with van der Waals surface area (Å²) in [4.78, 5) is 6.12.